The van der Waals surface area contributed by atoms with E-state index in [9.17, 15) is 0 Å². The summed E-state index contributed by atoms with van der Waals surface area (Å²) in [4.78, 5) is 2.60. The van der Waals surface area contributed by atoms with Gasteiger partial charge in [0.05, 0.1) is 0 Å². The molecule has 0 radical (unpaired) electrons. The molecule has 0 aromatic heterocycles. The third-order valence-electron chi connectivity index (χ3n) is 3.43. The van der Waals surface area contributed by atoms with Crippen LogP contribution in [0, 0.1) is 5.92 Å². The first-order valence-corrected chi connectivity index (χ1v) is 6.23. The van der Waals surface area contributed by atoms with Gasteiger partial charge in [0.1, 0.15) is 0 Å². The maximum Gasteiger partial charge on any atom is -0.00162 e. The molecule has 1 unspecified atom stereocenters. The molecule has 84 valence electrons. The Hall–Kier alpha value is -0.0800. The van der Waals surface area contributed by atoms with Gasteiger partial charge in [0, 0.05) is 0 Å². The zero-order valence-electron chi connectivity index (χ0n) is 9.89. The van der Waals surface area contributed by atoms with Gasteiger partial charge < -0.3 is 10.2 Å². The summed E-state index contributed by atoms with van der Waals surface area (Å²) in [6, 6.07) is 0. The Kier molecular flexibility index (Phi) is 6.20. The fourth-order valence-corrected chi connectivity index (χ4v) is 2.40. The van der Waals surface area contributed by atoms with Crippen LogP contribution in [0.5, 0.6) is 0 Å². The highest BCUT2D eigenvalue weighted by Gasteiger charge is 2.15. The van der Waals surface area contributed by atoms with Gasteiger partial charge >= 0.3 is 0 Å². The molecule has 2 nitrogen and oxygen atoms in total. The molecule has 14 heavy (non-hydrogen) atoms. The van der Waals surface area contributed by atoms with Gasteiger partial charge in [0.2, 0.25) is 0 Å². The largest absolute Gasteiger partial charge is 0.320 e. The molecule has 1 N–H and O–H groups in total. The first kappa shape index (κ1) is 12.0. The molecule has 2 heteroatoms. The second kappa shape index (κ2) is 7.24. The van der Waals surface area contributed by atoms with Crippen LogP contribution in [0.25, 0.3) is 0 Å². The summed E-state index contributed by atoms with van der Waals surface area (Å²) in [7, 11) is 2.05. The maximum absolute atomic E-state index is 3.23. The van der Waals surface area contributed by atoms with Crippen LogP contribution in [0.3, 0.4) is 0 Å². The van der Waals surface area contributed by atoms with E-state index in [-0.39, 0.29) is 0 Å². The summed E-state index contributed by atoms with van der Waals surface area (Å²) in [6.07, 6.45) is 7.08. The Morgan fingerprint density at radius 1 is 1.29 bits per heavy atom. The lowest BCUT2D eigenvalue weighted by atomic mass is 9.95. The van der Waals surface area contributed by atoms with Crippen LogP contribution in [0.15, 0.2) is 0 Å². The van der Waals surface area contributed by atoms with Crippen molar-refractivity contribution in [2.75, 3.05) is 33.2 Å². The van der Waals surface area contributed by atoms with Crippen molar-refractivity contribution in [2.24, 2.45) is 5.92 Å². The summed E-state index contributed by atoms with van der Waals surface area (Å²) < 4.78 is 0. The van der Waals surface area contributed by atoms with E-state index in [1.165, 1.54) is 58.3 Å². The Morgan fingerprint density at radius 2 is 2.14 bits per heavy atom. The Balaban J connectivity index is 2.14. The van der Waals surface area contributed by atoms with E-state index in [0.717, 1.165) is 5.92 Å². The van der Waals surface area contributed by atoms with E-state index in [0.29, 0.717) is 0 Å². The minimum absolute atomic E-state index is 1.000. The van der Waals surface area contributed by atoms with Crippen molar-refractivity contribution >= 4 is 0 Å². The first-order valence-electron chi connectivity index (χ1n) is 6.23. The van der Waals surface area contributed by atoms with Crippen LogP contribution in [0.2, 0.25) is 0 Å². The molecule has 0 aromatic carbocycles. The summed E-state index contributed by atoms with van der Waals surface area (Å²) in [5.74, 6) is 1.000. The number of hydrogen-bond donors (Lipinski definition) is 1. The minimum Gasteiger partial charge on any atom is -0.320 e. The fraction of sp³-hybridized carbons (Fsp3) is 1.00. The lowest BCUT2D eigenvalue weighted by Crippen LogP contribution is -2.24. The highest BCUT2D eigenvalue weighted by atomic mass is 15.1. The van der Waals surface area contributed by atoms with Crippen molar-refractivity contribution in [2.45, 2.75) is 39.0 Å². The van der Waals surface area contributed by atoms with Gasteiger partial charge in [-0.05, 0) is 71.2 Å². The van der Waals surface area contributed by atoms with E-state index in [1.54, 1.807) is 0 Å². The summed E-state index contributed by atoms with van der Waals surface area (Å²) in [6.45, 7) is 7.37. The lowest BCUT2D eigenvalue weighted by Gasteiger charge is -2.17. The van der Waals surface area contributed by atoms with Gasteiger partial charge in [0.25, 0.3) is 0 Å². The lowest BCUT2D eigenvalue weighted by molar-refractivity contribution is 0.293. The molecule has 1 heterocycles. The Labute approximate surface area is 89.1 Å². The first-order chi connectivity index (χ1) is 6.86. The van der Waals surface area contributed by atoms with Crippen molar-refractivity contribution in [3.05, 3.63) is 0 Å². The van der Waals surface area contributed by atoms with E-state index in [1.807, 2.05) is 7.05 Å². The van der Waals surface area contributed by atoms with Crippen molar-refractivity contribution in [3.8, 4) is 0 Å². The zero-order valence-corrected chi connectivity index (χ0v) is 9.89. The number of rotatable bonds is 5. The molecule has 0 aliphatic carbocycles. The number of nitrogens with one attached hydrogen (secondary N) is 1. The van der Waals surface area contributed by atoms with Crippen LogP contribution < -0.4 is 5.32 Å². The van der Waals surface area contributed by atoms with Crippen molar-refractivity contribution in [3.63, 3.8) is 0 Å². The van der Waals surface area contributed by atoms with E-state index in [2.05, 4.69) is 17.1 Å². The summed E-state index contributed by atoms with van der Waals surface area (Å²) in [5.41, 5.74) is 0. The second-order valence-electron chi connectivity index (χ2n) is 4.48. The molecular weight excluding hydrogens is 172 g/mol. The van der Waals surface area contributed by atoms with E-state index in [4.69, 9.17) is 0 Å². The predicted octanol–water partition coefficient (Wildman–Crippen LogP) is 2.11. The smallest absolute Gasteiger partial charge is 0.00162 e. The number of nitrogens with zero attached hydrogens (tertiary/aromatic N) is 1. The molecule has 0 saturated carbocycles. The van der Waals surface area contributed by atoms with Gasteiger partial charge in [-0.1, -0.05) is 6.92 Å². The summed E-state index contributed by atoms with van der Waals surface area (Å²) >= 11 is 0. The average Bonchev–Trinajstić information content (AvgIpc) is 2.43. The van der Waals surface area contributed by atoms with Crippen LogP contribution in [0.1, 0.15) is 39.0 Å². The van der Waals surface area contributed by atoms with Crippen molar-refractivity contribution < 1.29 is 0 Å². The minimum atomic E-state index is 1.000. The van der Waals surface area contributed by atoms with Crippen LogP contribution in [-0.4, -0.2) is 38.1 Å². The third-order valence-corrected chi connectivity index (χ3v) is 3.43. The molecule has 1 aliphatic heterocycles. The third kappa shape index (κ3) is 4.43. The van der Waals surface area contributed by atoms with Crippen LogP contribution in [0.4, 0.5) is 0 Å². The molecule has 0 spiro atoms. The van der Waals surface area contributed by atoms with Crippen molar-refractivity contribution in [1.82, 2.24) is 10.2 Å². The van der Waals surface area contributed by atoms with Crippen LogP contribution >= 0.6 is 0 Å². The highest BCUT2D eigenvalue weighted by Crippen LogP contribution is 2.21. The Morgan fingerprint density at radius 3 is 2.86 bits per heavy atom. The van der Waals surface area contributed by atoms with Gasteiger partial charge in [-0.15, -0.1) is 0 Å². The van der Waals surface area contributed by atoms with Gasteiger partial charge in [-0.25, -0.2) is 0 Å². The van der Waals surface area contributed by atoms with Crippen molar-refractivity contribution in [1.29, 1.82) is 0 Å². The molecule has 1 fully saturated rings. The Bertz CT molecular complexity index is 136. The molecule has 0 bridgehead atoms. The monoisotopic (exact) mass is 198 g/mol. The topological polar surface area (TPSA) is 15.3 Å². The van der Waals surface area contributed by atoms with Gasteiger partial charge in [-0.3, -0.25) is 0 Å². The molecule has 0 aromatic rings. The molecule has 1 saturated heterocycles. The molecular formula is C12H26N2. The quantitative estimate of drug-likeness (QED) is 0.681. The van der Waals surface area contributed by atoms with E-state index < -0.39 is 0 Å². The highest BCUT2D eigenvalue weighted by molar-refractivity contribution is 4.69. The molecule has 0 amide bonds. The number of likely N-dealkylation sites (tertiary alicyclic amines) is 1. The van der Waals surface area contributed by atoms with Gasteiger partial charge in [-0.2, -0.15) is 0 Å². The van der Waals surface area contributed by atoms with E-state index >= 15 is 0 Å². The molecule has 1 rings (SSSR count). The second-order valence-corrected chi connectivity index (χ2v) is 4.48. The van der Waals surface area contributed by atoms with Gasteiger partial charge in [0.15, 0.2) is 0 Å². The predicted molar refractivity (Wildman–Crippen MR) is 62.6 cm³/mol. The average molecular weight is 198 g/mol. The fourth-order valence-electron chi connectivity index (χ4n) is 2.40. The maximum atomic E-state index is 3.23. The molecule has 1 atom stereocenters. The molecule has 1 aliphatic rings. The number of hydrogen-bond acceptors (Lipinski definition) is 2. The normalized spacial score (nSPS) is 24.9. The summed E-state index contributed by atoms with van der Waals surface area (Å²) in [5, 5.41) is 3.23. The SMILES string of the molecule is CCN1CCCC(CCCNC)CC1. The standard InChI is InChI=1S/C12H26N2/c1-3-14-10-5-7-12(8-11-14)6-4-9-13-2/h12-13H,3-11H2,1-2H3. The zero-order chi connectivity index (χ0) is 10.2. The van der Waals surface area contributed by atoms with Crippen LogP contribution in [-0.2, 0) is 0 Å².